The Morgan fingerprint density at radius 3 is 2.81 bits per heavy atom. The summed E-state index contributed by atoms with van der Waals surface area (Å²) in [4.78, 5) is 14.7. The van der Waals surface area contributed by atoms with Gasteiger partial charge in [-0.15, -0.1) is 0 Å². The van der Waals surface area contributed by atoms with E-state index in [4.69, 9.17) is 16.1 Å². The van der Waals surface area contributed by atoms with Crippen LogP contribution in [-0.4, -0.2) is 22.5 Å². The molecule has 5 heteroatoms. The van der Waals surface area contributed by atoms with Crippen molar-refractivity contribution >= 4 is 17.5 Å². The molecule has 1 aromatic heterocycles. The van der Waals surface area contributed by atoms with Crippen LogP contribution in [0.25, 0.3) is 0 Å². The zero-order chi connectivity index (χ0) is 15.0. The van der Waals surface area contributed by atoms with Gasteiger partial charge in [0.25, 0.3) is 5.91 Å². The first-order chi connectivity index (χ1) is 10.1. The van der Waals surface area contributed by atoms with Crippen LogP contribution in [0, 0.1) is 13.8 Å². The van der Waals surface area contributed by atoms with Crippen molar-refractivity contribution in [2.45, 2.75) is 32.7 Å². The number of hydrogen-bond donors (Lipinski definition) is 0. The first-order valence-corrected chi connectivity index (χ1v) is 7.45. The van der Waals surface area contributed by atoms with Crippen LogP contribution in [0.2, 0.25) is 5.02 Å². The SMILES string of the molecule is Cc1noc(C)c1C(=O)N1CCC[C@H]1c1ccccc1Cl. The number of carbonyl (C=O) groups is 1. The molecule has 1 amide bonds. The molecule has 0 spiro atoms. The third-order valence-electron chi connectivity index (χ3n) is 4.03. The molecule has 1 aliphatic rings. The lowest BCUT2D eigenvalue weighted by Crippen LogP contribution is -2.31. The van der Waals surface area contributed by atoms with Gasteiger partial charge in [0.1, 0.15) is 11.3 Å². The van der Waals surface area contributed by atoms with Gasteiger partial charge in [0.05, 0.1) is 11.7 Å². The minimum Gasteiger partial charge on any atom is -0.361 e. The molecule has 1 fully saturated rings. The largest absolute Gasteiger partial charge is 0.361 e. The van der Waals surface area contributed by atoms with E-state index >= 15 is 0 Å². The lowest BCUT2D eigenvalue weighted by atomic mass is 10.0. The zero-order valence-corrected chi connectivity index (χ0v) is 12.9. The summed E-state index contributed by atoms with van der Waals surface area (Å²) in [6, 6.07) is 7.75. The maximum Gasteiger partial charge on any atom is 0.259 e. The molecule has 1 atom stereocenters. The Morgan fingerprint density at radius 2 is 2.14 bits per heavy atom. The lowest BCUT2D eigenvalue weighted by Gasteiger charge is -2.25. The van der Waals surface area contributed by atoms with Crippen molar-refractivity contribution in [3.8, 4) is 0 Å². The van der Waals surface area contributed by atoms with Crippen LogP contribution in [0.15, 0.2) is 28.8 Å². The van der Waals surface area contributed by atoms with E-state index in [0.29, 0.717) is 22.0 Å². The summed E-state index contributed by atoms with van der Waals surface area (Å²) in [7, 11) is 0. The summed E-state index contributed by atoms with van der Waals surface area (Å²) in [6.45, 7) is 4.30. The highest BCUT2D eigenvalue weighted by Crippen LogP contribution is 2.37. The second kappa shape index (κ2) is 5.53. The Morgan fingerprint density at radius 1 is 1.38 bits per heavy atom. The Hall–Kier alpha value is -1.81. The number of halogens is 1. The van der Waals surface area contributed by atoms with Gasteiger partial charge in [-0.25, -0.2) is 0 Å². The first kappa shape index (κ1) is 14.1. The van der Waals surface area contributed by atoms with Gasteiger partial charge in [-0.05, 0) is 38.3 Å². The summed E-state index contributed by atoms with van der Waals surface area (Å²) in [6.07, 6.45) is 1.91. The van der Waals surface area contributed by atoms with E-state index in [-0.39, 0.29) is 11.9 Å². The zero-order valence-electron chi connectivity index (χ0n) is 12.1. The molecule has 0 radical (unpaired) electrons. The quantitative estimate of drug-likeness (QED) is 0.844. The fourth-order valence-electron chi connectivity index (χ4n) is 3.01. The molecular weight excluding hydrogens is 288 g/mol. The van der Waals surface area contributed by atoms with Crippen molar-refractivity contribution in [3.63, 3.8) is 0 Å². The summed E-state index contributed by atoms with van der Waals surface area (Å²) < 4.78 is 5.12. The smallest absolute Gasteiger partial charge is 0.259 e. The molecule has 110 valence electrons. The van der Waals surface area contributed by atoms with Crippen molar-refractivity contribution in [2.75, 3.05) is 6.54 Å². The van der Waals surface area contributed by atoms with Crippen LogP contribution >= 0.6 is 11.6 Å². The second-order valence-corrected chi connectivity index (χ2v) is 5.78. The highest BCUT2D eigenvalue weighted by Gasteiger charge is 2.34. The monoisotopic (exact) mass is 304 g/mol. The highest BCUT2D eigenvalue weighted by molar-refractivity contribution is 6.31. The third-order valence-corrected chi connectivity index (χ3v) is 4.37. The summed E-state index contributed by atoms with van der Waals surface area (Å²) in [5, 5.41) is 4.58. The number of rotatable bonds is 2. The van der Waals surface area contributed by atoms with Gasteiger partial charge in [0.2, 0.25) is 0 Å². The average Bonchev–Trinajstić information content (AvgIpc) is 3.06. The Labute approximate surface area is 128 Å². The number of amides is 1. The molecule has 0 bridgehead atoms. The molecule has 1 aromatic carbocycles. The number of hydrogen-bond acceptors (Lipinski definition) is 3. The van der Waals surface area contributed by atoms with E-state index in [9.17, 15) is 4.79 Å². The Bertz CT molecular complexity index is 661. The van der Waals surface area contributed by atoms with Gasteiger partial charge < -0.3 is 9.42 Å². The van der Waals surface area contributed by atoms with E-state index in [2.05, 4.69) is 5.16 Å². The summed E-state index contributed by atoms with van der Waals surface area (Å²) >= 11 is 6.29. The molecule has 4 nitrogen and oxygen atoms in total. The van der Waals surface area contributed by atoms with Crippen LogP contribution in [0.1, 0.15) is 46.3 Å². The van der Waals surface area contributed by atoms with Gasteiger partial charge in [-0.2, -0.15) is 0 Å². The fraction of sp³-hybridized carbons (Fsp3) is 0.375. The molecule has 1 aliphatic heterocycles. The molecule has 3 rings (SSSR count). The van der Waals surface area contributed by atoms with Crippen LogP contribution in [-0.2, 0) is 0 Å². The average molecular weight is 305 g/mol. The van der Waals surface area contributed by atoms with Gasteiger partial charge in [-0.3, -0.25) is 4.79 Å². The molecule has 21 heavy (non-hydrogen) atoms. The van der Waals surface area contributed by atoms with Crippen molar-refractivity contribution in [1.29, 1.82) is 0 Å². The predicted octanol–water partition coefficient (Wildman–Crippen LogP) is 3.92. The molecule has 1 saturated heterocycles. The number of aromatic nitrogens is 1. The molecular formula is C16H17ClN2O2. The predicted molar refractivity (Wildman–Crippen MR) is 80.4 cm³/mol. The minimum atomic E-state index is -0.0198. The van der Waals surface area contributed by atoms with Crippen LogP contribution in [0.3, 0.4) is 0 Å². The molecule has 0 saturated carbocycles. The van der Waals surface area contributed by atoms with E-state index in [1.54, 1.807) is 13.8 Å². The number of carbonyl (C=O) groups excluding carboxylic acids is 1. The number of benzene rings is 1. The second-order valence-electron chi connectivity index (χ2n) is 5.38. The summed E-state index contributed by atoms with van der Waals surface area (Å²) in [5.74, 6) is 0.552. The van der Waals surface area contributed by atoms with Crippen molar-refractivity contribution in [3.05, 3.63) is 51.9 Å². The van der Waals surface area contributed by atoms with Crippen LogP contribution < -0.4 is 0 Å². The lowest BCUT2D eigenvalue weighted by molar-refractivity contribution is 0.0733. The molecule has 2 heterocycles. The Kier molecular flexibility index (Phi) is 3.72. The van der Waals surface area contributed by atoms with E-state index in [1.165, 1.54) is 0 Å². The standard InChI is InChI=1S/C16H17ClN2O2/c1-10-15(11(2)21-18-10)16(20)19-9-5-8-14(19)12-6-3-4-7-13(12)17/h3-4,6-7,14H,5,8-9H2,1-2H3/t14-/m0/s1. The van der Waals surface area contributed by atoms with Crippen LogP contribution in [0.5, 0.6) is 0 Å². The van der Waals surface area contributed by atoms with E-state index < -0.39 is 0 Å². The number of likely N-dealkylation sites (tertiary alicyclic amines) is 1. The minimum absolute atomic E-state index is 0.0198. The Balaban J connectivity index is 1.95. The summed E-state index contributed by atoms with van der Waals surface area (Å²) in [5.41, 5.74) is 2.23. The maximum absolute atomic E-state index is 12.8. The molecule has 0 aliphatic carbocycles. The van der Waals surface area contributed by atoms with Crippen LogP contribution in [0.4, 0.5) is 0 Å². The maximum atomic E-state index is 12.8. The van der Waals surface area contributed by atoms with E-state index in [0.717, 1.165) is 24.9 Å². The van der Waals surface area contributed by atoms with Crippen molar-refractivity contribution in [2.24, 2.45) is 0 Å². The van der Waals surface area contributed by atoms with Gasteiger partial charge in [-0.1, -0.05) is 35.0 Å². The molecule has 2 aromatic rings. The van der Waals surface area contributed by atoms with E-state index in [1.807, 2.05) is 29.2 Å². The van der Waals surface area contributed by atoms with Crippen molar-refractivity contribution < 1.29 is 9.32 Å². The first-order valence-electron chi connectivity index (χ1n) is 7.08. The highest BCUT2D eigenvalue weighted by atomic mass is 35.5. The number of aryl methyl sites for hydroxylation is 2. The topological polar surface area (TPSA) is 46.3 Å². The van der Waals surface area contributed by atoms with Gasteiger partial charge in [0, 0.05) is 11.6 Å². The molecule has 0 unspecified atom stereocenters. The normalized spacial score (nSPS) is 18.2. The van der Waals surface area contributed by atoms with Gasteiger partial charge in [0.15, 0.2) is 0 Å². The fourth-order valence-corrected chi connectivity index (χ4v) is 3.27. The third kappa shape index (κ3) is 2.44. The van der Waals surface area contributed by atoms with Crippen molar-refractivity contribution in [1.82, 2.24) is 10.1 Å². The number of nitrogens with zero attached hydrogens (tertiary/aromatic N) is 2. The van der Waals surface area contributed by atoms with Gasteiger partial charge >= 0.3 is 0 Å². The molecule has 0 N–H and O–H groups in total.